The summed E-state index contributed by atoms with van der Waals surface area (Å²) in [6, 6.07) is 0. The van der Waals surface area contributed by atoms with Crippen LogP contribution in [0.5, 0.6) is 0 Å². The van der Waals surface area contributed by atoms with Crippen molar-refractivity contribution >= 4 is 17.9 Å². The fourth-order valence-corrected chi connectivity index (χ4v) is 4.47. The van der Waals surface area contributed by atoms with E-state index in [9.17, 15) is 14.4 Å². The lowest BCUT2D eigenvalue weighted by Gasteiger charge is -2.37. The topological polar surface area (TPSA) is 78.9 Å². The lowest BCUT2D eigenvalue weighted by atomic mass is 9.73. The number of hydrogen-bond acceptors (Lipinski definition) is 6. The molecule has 3 rings (SSSR count). The summed E-state index contributed by atoms with van der Waals surface area (Å²) in [6.45, 7) is 7.40. The molecule has 6 nitrogen and oxygen atoms in total. The van der Waals surface area contributed by atoms with Crippen molar-refractivity contribution in [3.8, 4) is 0 Å². The van der Waals surface area contributed by atoms with Gasteiger partial charge in [0.25, 0.3) is 0 Å². The van der Waals surface area contributed by atoms with Crippen molar-refractivity contribution in [3.63, 3.8) is 0 Å². The zero-order valence-corrected chi connectivity index (χ0v) is 13.5. The van der Waals surface area contributed by atoms with Gasteiger partial charge in [-0.2, -0.15) is 0 Å². The number of ether oxygens (including phenoxy) is 3. The van der Waals surface area contributed by atoms with Crippen LogP contribution < -0.4 is 0 Å². The van der Waals surface area contributed by atoms with Crippen LogP contribution in [0, 0.1) is 23.7 Å². The first-order chi connectivity index (χ1) is 10.8. The fourth-order valence-electron chi connectivity index (χ4n) is 4.47. The highest BCUT2D eigenvalue weighted by Gasteiger charge is 2.64. The Hall–Kier alpha value is -1.85. The molecule has 3 fully saturated rings. The van der Waals surface area contributed by atoms with E-state index in [0.717, 1.165) is 6.42 Å². The van der Waals surface area contributed by atoms with Crippen molar-refractivity contribution in [2.75, 3.05) is 13.2 Å². The molecule has 6 heteroatoms. The van der Waals surface area contributed by atoms with Crippen LogP contribution in [0.4, 0.5) is 0 Å². The molecule has 2 aliphatic carbocycles. The molecule has 3 aliphatic rings. The van der Waals surface area contributed by atoms with Crippen molar-refractivity contribution in [1.82, 2.24) is 0 Å². The average Bonchev–Trinajstić information content (AvgIpc) is 3.09. The molecule has 0 aromatic heterocycles. The van der Waals surface area contributed by atoms with Crippen LogP contribution in [-0.4, -0.2) is 36.7 Å². The maximum absolute atomic E-state index is 12.1. The molecule has 0 aromatic rings. The van der Waals surface area contributed by atoms with Gasteiger partial charge in [-0.25, -0.2) is 4.79 Å². The number of rotatable bonds is 5. The van der Waals surface area contributed by atoms with Gasteiger partial charge in [-0.3, -0.25) is 9.59 Å². The second kappa shape index (κ2) is 5.65. The monoisotopic (exact) mass is 322 g/mol. The van der Waals surface area contributed by atoms with Gasteiger partial charge in [-0.15, -0.1) is 0 Å². The predicted molar refractivity (Wildman–Crippen MR) is 79.0 cm³/mol. The Bertz CT molecular complexity index is 567. The minimum Gasteiger partial charge on any atom is -0.465 e. The maximum Gasteiger partial charge on any atom is 0.333 e. The summed E-state index contributed by atoms with van der Waals surface area (Å²) in [6.07, 6.45) is 1.64. The number of fused-ring (bicyclic) bond motifs is 5. The Morgan fingerprint density at radius 2 is 2.17 bits per heavy atom. The van der Waals surface area contributed by atoms with Crippen molar-refractivity contribution < 1.29 is 28.6 Å². The molecule has 5 atom stereocenters. The van der Waals surface area contributed by atoms with E-state index in [1.54, 1.807) is 6.92 Å². The zero-order chi connectivity index (χ0) is 16.8. The normalized spacial score (nSPS) is 37.2. The molecule has 2 saturated carbocycles. The molecular formula is C17H22O6. The first-order valence-corrected chi connectivity index (χ1v) is 8.03. The molecule has 1 aliphatic heterocycles. The van der Waals surface area contributed by atoms with Crippen LogP contribution in [0.1, 0.15) is 33.1 Å². The lowest BCUT2D eigenvalue weighted by Crippen LogP contribution is -2.44. The minimum atomic E-state index is -0.546. The standard InChI is InChI=1S/C17H22O6/c1-9(2)15(19)21-5-4-13(18)23-17(3)7-10-6-12(17)11-8-22-16(20)14(10)11/h10-12,14H,1,4-8H2,2-3H3. The van der Waals surface area contributed by atoms with Gasteiger partial charge in [0.15, 0.2) is 0 Å². The molecule has 0 spiro atoms. The maximum atomic E-state index is 12.1. The second-order valence-corrected chi connectivity index (χ2v) is 7.08. The first-order valence-electron chi connectivity index (χ1n) is 8.03. The average molecular weight is 322 g/mol. The van der Waals surface area contributed by atoms with Crippen LogP contribution in [0.25, 0.3) is 0 Å². The van der Waals surface area contributed by atoms with Crippen LogP contribution in [-0.2, 0) is 28.6 Å². The van der Waals surface area contributed by atoms with Crippen molar-refractivity contribution in [2.24, 2.45) is 23.7 Å². The molecule has 0 amide bonds. The van der Waals surface area contributed by atoms with Gasteiger partial charge in [0.1, 0.15) is 12.2 Å². The highest BCUT2D eigenvalue weighted by Crippen LogP contribution is 2.60. The number of cyclic esters (lactones) is 1. The Balaban J connectivity index is 1.53. The summed E-state index contributed by atoms with van der Waals surface area (Å²) >= 11 is 0. The lowest BCUT2D eigenvalue weighted by molar-refractivity contribution is -0.168. The Labute approximate surface area is 135 Å². The molecule has 1 heterocycles. The number of esters is 3. The zero-order valence-electron chi connectivity index (χ0n) is 13.5. The van der Waals surface area contributed by atoms with Gasteiger partial charge < -0.3 is 14.2 Å². The van der Waals surface area contributed by atoms with Crippen LogP contribution in [0.3, 0.4) is 0 Å². The van der Waals surface area contributed by atoms with E-state index < -0.39 is 11.6 Å². The van der Waals surface area contributed by atoms with E-state index in [-0.39, 0.29) is 48.6 Å². The molecule has 0 N–H and O–H groups in total. The molecule has 5 unspecified atom stereocenters. The molecule has 0 aromatic carbocycles. The molecule has 126 valence electrons. The third-order valence-corrected chi connectivity index (χ3v) is 5.42. The van der Waals surface area contributed by atoms with E-state index in [0.29, 0.717) is 18.6 Å². The summed E-state index contributed by atoms with van der Waals surface area (Å²) in [4.78, 5) is 35.1. The van der Waals surface area contributed by atoms with Gasteiger partial charge in [-0.1, -0.05) is 6.58 Å². The van der Waals surface area contributed by atoms with Crippen LogP contribution in [0.2, 0.25) is 0 Å². The van der Waals surface area contributed by atoms with Gasteiger partial charge in [-0.05, 0) is 32.6 Å². The van der Waals surface area contributed by atoms with E-state index >= 15 is 0 Å². The van der Waals surface area contributed by atoms with Gasteiger partial charge in [0, 0.05) is 17.4 Å². The van der Waals surface area contributed by atoms with Crippen molar-refractivity contribution in [2.45, 2.75) is 38.7 Å². The summed E-state index contributed by atoms with van der Waals surface area (Å²) in [5.74, 6) is -0.402. The van der Waals surface area contributed by atoms with Crippen LogP contribution >= 0.6 is 0 Å². The minimum absolute atomic E-state index is 0.0108. The third kappa shape index (κ3) is 2.75. The highest BCUT2D eigenvalue weighted by molar-refractivity contribution is 5.87. The van der Waals surface area contributed by atoms with Crippen molar-refractivity contribution in [1.29, 1.82) is 0 Å². The third-order valence-electron chi connectivity index (χ3n) is 5.42. The Kier molecular flexibility index (Phi) is 3.94. The molecule has 0 radical (unpaired) electrons. The van der Waals surface area contributed by atoms with Crippen molar-refractivity contribution in [3.05, 3.63) is 12.2 Å². The molecular weight excluding hydrogens is 300 g/mol. The summed E-state index contributed by atoms with van der Waals surface area (Å²) in [5, 5.41) is 0. The van der Waals surface area contributed by atoms with E-state index in [1.807, 2.05) is 6.92 Å². The predicted octanol–water partition coefficient (Wildman–Crippen LogP) is 1.63. The fraction of sp³-hybridized carbons (Fsp3) is 0.706. The Morgan fingerprint density at radius 1 is 1.43 bits per heavy atom. The van der Waals surface area contributed by atoms with Gasteiger partial charge in [0.05, 0.1) is 18.9 Å². The highest BCUT2D eigenvalue weighted by atomic mass is 16.6. The second-order valence-electron chi connectivity index (χ2n) is 7.08. The first kappa shape index (κ1) is 16.0. The van der Waals surface area contributed by atoms with E-state index in [1.165, 1.54) is 0 Å². The molecule has 1 saturated heterocycles. The Morgan fingerprint density at radius 3 is 2.87 bits per heavy atom. The number of carbonyl (C=O) groups excluding carboxylic acids is 3. The van der Waals surface area contributed by atoms with Gasteiger partial charge >= 0.3 is 17.9 Å². The number of carbonyl (C=O) groups is 3. The summed E-state index contributed by atoms with van der Waals surface area (Å²) in [5.41, 5.74) is -0.245. The smallest absolute Gasteiger partial charge is 0.333 e. The van der Waals surface area contributed by atoms with Crippen LogP contribution in [0.15, 0.2) is 12.2 Å². The summed E-state index contributed by atoms with van der Waals surface area (Å²) in [7, 11) is 0. The van der Waals surface area contributed by atoms with E-state index in [2.05, 4.69) is 6.58 Å². The molecule has 23 heavy (non-hydrogen) atoms. The molecule has 2 bridgehead atoms. The summed E-state index contributed by atoms with van der Waals surface area (Å²) < 4.78 is 15.8. The number of hydrogen-bond donors (Lipinski definition) is 0. The van der Waals surface area contributed by atoms with E-state index in [4.69, 9.17) is 14.2 Å². The van der Waals surface area contributed by atoms with Gasteiger partial charge in [0.2, 0.25) is 0 Å². The SMILES string of the molecule is C=C(C)C(=O)OCCC(=O)OC1(C)CC2CC1C1COC(=O)C21. The quantitative estimate of drug-likeness (QED) is 0.435. The largest absolute Gasteiger partial charge is 0.465 e.